The van der Waals surface area contributed by atoms with E-state index in [9.17, 15) is 9.59 Å². The number of hydrazone groups is 1. The summed E-state index contributed by atoms with van der Waals surface area (Å²) in [5, 5.41) is 4.49. The van der Waals surface area contributed by atoms with E-state index in [1.165, 1.54) is 14.0 Å². The summed E-state index contributed by atoms with van der Waals surface area (Å²) in [5.41, 5.74) is 4.10. The molecular formula is C13H15ClN2O4. The van der Waals surface area contributed by atoms with E-state index in [4.69, 9.17) is 16.3 Å². The Morgan fingerprint density at radius 1 is 1.40 bits per heavy atom. The molecule has 0 unspecified atom stereocenters. The van der Waals surface area contributed by atoms with Gasteiger partial charge in [-0.3, -0.25) is 4.79 Å². The first kappa shape index (κ1) is 16.0. The van der Waals surface area contributed by atoms with Gasteiger partial charge in [0.25, 0.3) is 0 Å². The van der Waals surface area contributed by atoms with Gasteiger partial charge < -0.3 is 9.47 Å². The van der Waals surface area contributed by atoms with Crippen molar-refractivity contribution in [2.45, 2.75) is 13.8 Å². The fourth-order valence-electron chi connectivity index (χ4n) is 1.33. The molecule has 1 rings (SSSR count). The smallest absolute Gasteiger partial charge is 0.427 e. The van der Waals surface area contributed by atoms with Crippen LogP contribution >= 0.6 is 11.6 Å². The van der Waals surface area contributed by atoms with E-state index in [0.29, 0.717) is 16.3 Å². The molecule has 1 amide bonds. The van der Waals surface area contributed by atoms with Crippen LogP contribution in [0, 0.1) is 6.92 Å². The molecule has 108 valence electrons. The van der Waals surface area contributed by atoms with Gasteiger partial charge in [0.1, 0.15) is 12.3 Å². The summed E-state index contributed by atoms with van der Waals surface area (Å²) in [6, 6.07) is 5.20. The maximum absolute atomic E-state index is 11.0. The summed E-state index contributed by atoms with van der Waals surface area (Å²) in [6.45, 7) is 3.06. The van der Waals surface area contributed by atoms with Crippen LogP contribution in [0.3, 0.4) is 0 Å². The van der Waals surface area contributed by atoms with Gasteiger partial charge in [0.15, 0.2) is 0 Å². The number of carbonyl (C=O) groups excluding carboxylic acids is 2. The second-order valence-electron chi connectivity index (χ2n) is 3.91. The third-order valence-corrected chi connectivity index (χ3v) is 2.79. The van der Waals surface area contributed by atoms with E-state index >= 15 is 0 Å². The zero-order valence-electron chi connectivity index (χ0n) is 11.4. The monoisotopic (exact) mass is 298 g/mol. The first-order valence-electron chi connectivity index (χ1n) is 5.74. The summed E-state index contributed by atoms with van der Waals surface area (Å²) >= 11 is 5.95. The lowest BCUT2D eigenvalue weighted by Crippen LogP contribution is -2.22. The normalized spacial score (nSPS) is 10.9. The van der Waals surface area contributed by atoms with Crippen LogP contribution in [-0.2, 0) is 14.3 Å². The van der Waals surface area contributed by atoms with E-state index in [-0.39, 0.29) is 6.61 Å². The van der Waals surface area contributed by atoms with Gasteiger partial charge in [-0.05, 0) is 24.6 Å². The van der Waals surface area contributed by atoms with Crippen molar-refractivity contribution in [1.82, 2.24) is 5.43 Å². The van der Waals surface area contributed by atoms with E-state index in [1.807, 2.05) is 6.92 Å². The molecule has 0 saturated carbocycles. The third kappa shape index (κ3) is 4.89. The van der Waals surface area contributed by atoms with E-state index < -0.39 is 12.1 Å². The average molecular weight is 299 g/mol. The molecule has 0 atom stereocenters. The summed E-state index contributed by atoms with van der Waals surface area (Å²) < 4.78 is 9.32. The molecule has 0 spiro atoms. The van der Waals surface area contributed by atoms with Gasteiger partial charge in [0.05, 0.1) is 7.11 Å². The maximum atomic E-state index is 11.0. The zero-order chi connectivity index (χ0) is 15.1. The lowest BCUT2D eigenvalue weighted by molar-refractivity contribution is -0.139. The minimum Gasteiger partial charge on any atom is -0.459 e. The molecule has 0 aliphatic rings. The van der Waals surface area contributed by atoms with Gasteiger partial charge in [-0.1, -0.05) is 17.7 Å². The highest BCUT2D eigenvalue weighted by Crippen LogP contribution is 2.17. The quantitative estimate of drug-likeness (QED) is 0.525. The van der Waals surface area contributed by atoms with Crippen molar-refractivity contribution in [3.63, 3.8) is 0 Å². The Hall–Kier alpha value is -2.08. The fraction of sp³-hybridized carbons (Fsp3) is 0.308. The number of hydrogen-bond acceptors (Lipinski definition) is 5. The molecule has 6 nitrogen and oxygen atoms in total. The molecule has 7 heteroatoms. The first-order valence-corrected chi connectivity index (χ1v) is 6.12. The lowest BCUT2D eigenvalue weighted by Gasteiger charge is -2.09. The summed E-state index contributed by atoms with van der Waals surface area (Å²) in [5.74, 6) is -0.443. The lowest BCUT2D eigenvalue weighted by atomic mass is 10.1. The molecule has 20 heavy (non-hydrogen) atoms. The highest BCUT2D eigenvalue weighted by Gasteiger charge is 2.09. The Kier molecular flexibility index (Phi) is 5.99. The molecule has 0 radical (unpaired) electrons. The number of halogens is 1. The number of aryl methyl sites for hydroxylation is 1. The van der Waals surface area contributed by atoms with Crippen LogP contribution in [0.2, 0.25) is 5.02 Å². The van der Waals surface area contributed by atoms with Crippen LogP contribution < -0.4 is 5.43 Å². The van der Waals surface area contributed by atoms with Crippen molar-refractivity contribution in [1.29, 1.82) is 0 Å². The number of methoxy groups -OCH3 is 1. The van der Waals surface area contributed by atoms with Crippen LogP contribution in [-0.4, -0.2) is 31.5 Å². The van der Waals surface area contributed by atoms with Crippen LogP contribution in [0.5, 0.6) is 0 Å². The average Bonchev–Trinajstić information content (AvgIpc) is 2.41. The molecule has 0 aliphatic carbocycles. The van der Waals surface area contributed by atoms with Gasteiger partial charge in [-0.25, -0.2) is 10.2 Å². The van der Waals surface area contributed by atoms with Crippen molar-refractivity contribution in [2.75, 3.05) is 13.7 Å². The molecule has 0 aromatic heterocycles. The van der Waals surface area contributed by atoms with E-state index in [0.717, 1.165) is 5.56 Å². The van der Waals surface area contributed by atoms with Gasteiger partial charge >= 0.3 is 12.1 Å². The predicted octanol–water partition coefficient (Wildman–Crippen LogP) is 2.27. The van der Waals surface area contributed by atoms with Crippen molar-refractivity contribution in [2.24, 2.45) is 5.10 Å². The molecule has 0 bridgehead atoms. The number of nitrogens with zero attached hydrogens (tertiary/aromatic N) is 1. The van der Waals surface area contributed by atoms with Gasteiger partial charge in [0.2, 0.25) is 0 Å². The van der Waals surface area contributed by atoms with E-state index in [1.54, 1.807) is 18.2 Å². The molecule has 0 fully saturated rings. The van der Waals surface area contributed by atoms with E-state index in [2.05, 4.69) is 15.3 Å². The maximum Gasteiger partial charge on any atom is 0.427 e. The largest absolute Gasteiger partial charge is 0.459 e. The molecule has 1 aromatic carbocycles. The number of benzene rings is 1. The Morgan fingerprint density at radius 2 is 2.10 bits per heavy atom. The van der Waals surface area contributed by atoms with Crippen LogP contribution in [0.15, 0.2) is 23.3 Å². The van der Waals surface area contributed by atoms with Gasteiger partial charge in [-0.15, -0.1) is 0 Å². The number of esters is 1. The molecular weight excluding hydrogens is 284 g/mol. The van der Waals surface area contributed by atoms with Crippen molar-refractivity contribution in [3.05, 3.63) is 34.3 Å². The number of hydrogen-bond donors (Lipinski definition) is 1. The van der Waals surface area contributed by atoms with Crippen molar-refractivity contribution >= 4 is 29.4 Å². The second kappa shape index (κ2) is 7.49. The SMILES string of the molecule is COC(=O)NN=C(COC(C)=O)c1ccc(Cl)c(C)c1. The molecule has 0 aliphatic heterocycles. The van der Waals surface area contributed by atoms with Crippen molar-refractivity contribution < 1.29 is 19.1 Å². The van der Waals surface area contributed by atoms with Crippen LogP contribution in [0.4, 0.5) is 4.79 Å². The van der Waals surface area contributed by atoms with Crippen LogP contribution in [0.1, 0.15) is 18.1 Å². The van der Waals surface area contributed by atoms with Crippen molar-refractivity contribution in [3.8, 4) is 0 Å². The zero-order valence-corrected chi connectivity index (χ0v) is 12.2. The summed E-state index contributed by atoms with van der Waals surface area (Å²) in [4.78, 5) is 21.9. The highest BCUT2D eigenvalue weighted by atomic mass is 35.5. The Labute approximate surface area is 121 Å². The molecule has 1 aromatic rings. The summed E-state index contributed by atoms with van der Waals surface area (Å²) in [6.07, 6.45) is -0.712. The number of nitrogens with one attached hydrogen (secondary N) is 1. The number of rotatable bonds is 4. The topological polar surface area (TPSA) is 77.0 Å². The van der Waals surface area contributed by atoms with Crippen LogP contribution in [0.25, 0.3) is 0 Å². The highest BCUT2D eigenvalue weighted by molar-refractivity contribution is 6.31. The minimum absolute atomic E-state index is 0.0690. The number of ether oxygens (including phenoxy) is 2. The Bertz CT molecular complexity index is 543. The molecule has 0 saturated heterocycles. The standard InChI is InChI=1S/C13H15ClN2O4/c1-8-6-10(4-5-11(8)14)12(7-20-9(2)17)15-16-13(18)19-3/h4-6H,7H2,1-3H3,(H,16,18). The fourth-order valence-corrected chi connectivity index (χ4v) is 1.45. The number of amides is 1. The number of carbonyl (C=O) groups is 2. The minimum atomic E-state index is -0.712. The Balaban J connectivity index is 2.98. The second-order valence-corrected chi connectivity index (χ2v) is 4.31. The summed E-state index contributed by atoms with van der Waals surface area (Å²) in [7, 11) is 1.23. The van der Waals surface area contributed by atoms with Gasteiger partial charge in [0, 0.05) is 17.5 Å². The Morgan fingerprint density at radius 3 is 2.65 bits per heavy atom. The first-order chi connectivity index (χ1) is 9.43. The third-order valence-electron chi connectivity index (χ3n) is 2.37. The van der Waals surface area contributed by atoms with Gasteiger partial charge in [-0.2, -0.15) is 5.10 Å². The molecule has 1 N–H and O–H groups in total. The molecule has 0 heterocycles. The predicted molar refractivity (Wildman–Crippen MR) is 74.9 cm³/mol.